The van der Waals surface area contributed by atoms with Gasteiger partial charge in [-0.25, -0.2) is 0 Å². The number of amides is 1. The summed E-state index contributed by atoms with van der Waals surface area (Å²) in [5.74, 6) is 0.720. The van der Waals surface area contributed by atoms with Gasteiger partial charge in [-0.1, -0.05) is 37.8 Å². The van der Waals surface area contributed by atoms with Gasteiger partial charge < -0.3 is 5.32 Å². The molecule has 0 bridgehead atoms. The lowest BCUT2D eigenvalue weighted by molar-refractivity contribution is 0.0918. The normalized spacial score (nSPS) is 23.1. The monoisotopic (exact) mass is 343 g/mol. The summed E-state index contributed by atoms with van der Waals surface area (Å²) < 4.78 is 0.789. The predicted molar refractivity (Wildman–Crippen MR) is 82.7 cm³/mol. The van der Waals surface area contributed by atoms with Crippen LogP contribution >= 0.6 is 27.5 Å². The van der Waals surface area contributed by atoms with Gasteiger partial charge in [0.05, 0.1) is 5.56 Å². The highest BCUT2D eigenvalue weighted by Crippen LogP contribution is 2.27. The van der Waals surface area contributed by atoms with E-state index in [0.717, 1.165) is 23.2 Å². The third-order valence-corrected chi connectivity index (χ3v) is 4.80. The van der Waals surface area contributed by atoms with Crippen LogP contribution in [0.1, 0.15) is 49.4 Å². The fourth-order valence-electron chi connectivity index (χ4n) is 2.73. The zero-order chi connectivity index (χ0) is 13.8. The molecule has 0 aliphatic heterocycles. The highest BCUT2D eigenvalue weighted by atomic mass is 79.9. The topological polar surface area (TPSA) is 29.1 Å². The van der Waals surface area contributed by atoms with Gasteiger partial charge in [0.1, 0.15) is 0 Å². The molecule has 0 heterocycles. The minimum absolute atomic E-state index is 0.0314. The smallest absolute Gasteiger partial charge is 0.252 e. The molecule has 0 radical (unpaired) electrons. The Hall–Kier alpha value is -0.540. The third-order valence-electron chi connectivity index (χ3n) is 3.87. The van der Waals surface area contributed by atoms with E-state index < -0.39 is 0 Å². The van der Waals surface area contributed by atoms with Crippen molar-refractivity contribution in [3.05, 3.63) is 33.3 Å². The highest BCUT2D eigenvalue weighted by molar-refractivity contribution is 9.10. The fourth-order valence-corrected chi connectivity index (χ4v) is 3.33. The molecule has 19 heavy (non-hydrogen) atoms. The number of nitrogens with one attached hydrogen (secondary N) is 1. The van der Waals surface area contributed by atoms with E-state index in [0.29, 0.717) is 16.6 Å². The largest absolute Gasteiger partial charge is 0.349 e. The number of halogens is 2. The van der Waals surface area contributed by atoms with E-state index in [4.69, 9.17) is 11.6 Å². The van der Waals surface area contributed by atoms with Crippen LogP contribution in [-0.2, 0) is 0 Å². The third kappa shape index (κ3) is 3.96. The van der Waals surface area contributed by atoms with Gasteiger partial charge >= 0.3 is 0 Å². The van der Waals surface area contributed by atoms with Crippen molar-refractivity contribution in [2.24, 2.45) is 5.92 Å². The van der Waals surface area contributed by atoms with Gasteiger partial charge in [0.25, 0.3) is 5.91 Å². The molecule has 2 atom stereocenters. The molecule has 0 spiro atoms. The number of hydrogen-bond donors (Lipinski definition) is 1. The van der Waals surface area contributed by atoms with Crippen molar-refractivity contribution in [3.63, 3.8) is 0 Å². The second-order valence-electron chi connectivity index (χ2n) is 5.24. The van der Waals surface area contributed by atoms with E-state index >= 15 is 0 Å². The SMILES string of the molecule is CCC1CCCC(NC(=O)c2cc(Cl)ccc2Br)C1. The molecule has 1 aromatic rings. The molecule has 1 saturated carbocycles. The van der Waals surface area contributed by atoms with Crippen LogP contribution < -0.4 is 5.32 Å². The lowest BCUT2D eigenvalue weighted by atomic mass is 9.84. The predicted octanol–water partition coefficient (Wildman–Crippen LogP) is 4.80. The lowest BCUT2D eigenvalue weighted by Gasteiger charge is -2.29. The lowest BCUT2D eigenvalue weighted by Crippen LogP contribution is -2.38. The average molecular weight is 345 g/mol. The van der Waals surface area contributed by atoms with Crippen LogP contribution in [0.15, 0.2) is 22.7 Å². The molecular weight excluding hydrogens is 326 g/mol. The number of hydrogen-bond acceptors (Lipinski definition) is 1. The van der Waals surface area contributed by atoms with Crippen LogP contribution in [0.25, 0.3) is 0 Å². The van der Waals surface area contributed by atoms with Crippen molar-refractivity contribution < 1.29 is 4.79 Å². The first-order chi connectivity index (χ1) is 9.10. The van der Waals surface area contributed by atoms with Crippen molar-refractivity contribution in [1.82, 2.24) is 5.32 Å². The zero-order valence-corrected chi connectivity index (χ0v) is 13.4. The van der Waals surface area contributed by atoms with Gasteiger partial charge in [0.2, 0.25) is 0 Å². The summed E-state index contributed by atoms with van der Waals surface area (Å²) in [6.45, 7) is 2.22. The molecule has 1 amide bonds. The minimum Gasteiger partial charge on any atom is -0.349 e. The molecule has 2 rings (SSSR count). The van der Waals surface area contributed by atoms with Gasteiger partial charge in [-0.05, 0) is 52.9 Å². The molecule has 1 aliphatic carbocycles. The van der Waals surface area contributed by atoms with E-state index in [2.05, 4.69) is 28.2 Å². The van der Waals surface area contributed by atoms with E-state index in [-0.39, 0.29) is 5.91 Å². The highest BCUT2D eigenvalue weighted by Gasteiger charge is 2.23. The van der Waals surface area contributed by atoms with E-state index in [1.54, 1.807) is 12.1 Å². The van der Waals surface area contributed by atoms with Crippen LogP contribution in [0.5, 0.6) is 0 Å². The number of rotatable bonds is 3. The van der Waals surface area contributed by atoms with Crippen LogP contribution in [0, 0.1) is 5.92 Å². The molecule has 2 nitrogen and oxygen atoms in total. The first-order valence-electron chi connectivity index (χ1n) is 6.86. The summed E-state index contributed by atoms with van der Waals surface area (Å²) in [6, 6.07) is 5.60. The molecule has 1 aliphatic rings. The van der Waals surface area contributed by atoms with Gasteiger partial charge in [-0.3, -0.25) is 4.79 Å². The Kier molecular flexibility index (Phi) is 5.28. The molecule has 4 heteroatoms. The van der Waals surface area contributed by atoms with Crippen molar-refractivity contribution >= 4 is 33.4 Å². The van der Waals surface area contributed by atoms with Gasteiger partial charge in [-0.2, -0.15) is 0 Å². The Bertz CT molecular complexity index is 463. The zero-order valence-electron chi connectivity index (χ0n) is 11.1. The van der Waals surface area contributed by atoms with E-state index in [9.17, 15) is 4.79 Å². The molecule has 1 aromatic carbocycles. The van der Waals surface area contributed by atoms with Crippen molar-refractivity contribution in [1.29, 1.82) is 0 Å². The second-order valence-corrected chi connectivity index (χ2v) is 6.53. The molecule has 0 aromatic heterocycles. The maximum Gasteiger partial charge on any atom is 0.252 e. The summed E-state index contributed by atoms with van der Waals surface area (Å²) in [5, 5.41) is 3.73. The Balaban J connectivity index is 2.02. The Morgan fingerprint density at radius 3 is 3.00 bits per heavy atom. The molecule has 1 fully saturated rings. The summed E-state index contributed by atoms with van der Waals surface area (Å²) >= 11 is 9.35. The van der Waals surface area contributed by atoms with Crippen LogP contribution in [0.3, 0.4) is 0 Å². The van der Waals surface area contributed by atoms with Crippen LogP contribution in [0.2, 0.25) is 5.02 Å². The Morgan fingerprint density at radius 1 is 1.47 bits per heavy atom. The van der Waals surface area contributed by atoms with E-state index in [1.165, 1.54) is 19.3 Å². The van der Waals surface area contributed by atoms with Crippen molar-refractivity contribution in [2.45, 2.75) is 45.1 Å². The quantitative estimate of drug-likeness (QED) is 0.838. The van der Waals surface area contributed by atoms with Crippen LogP contribution in [-0.4, -0.2) is 11.9 Å². The fraction of sp³-hybridized carbons (Fsp3) is 0.533. The number of benzene rings is 1. The molecule has 0 saturated heterocycles. The van der Waals surface area contributed by atoms with Gasteiger partial charge in [0, 0.05) is 15.5 Å². The Labute approximate surface area is 128 Å². The summed E-state index contributed by atoms with van der Waals surface area (Å²) in [6.07, 6.45) is 5.89. The van der Waals surface area contributed by atoms with Crippen molar-refractivity contribution in [2.75, 3.05) is 0 Å². The first-order valence-corrected chi connectivity index (χ1v) is 8.03. The molecule has 2 unspecified atom stereocenters. The first kappa shape index (κ1) is 14.9. The standard InChI is InChI=1S/C15H19BrClNO/c1-2-10-4-3-5-12(8-10)18-15(19)13-9-11(17)6-7-14(13)16/h6-7,9-10,12H,2-5,8H2,1H3,(H,18,19). The minimum atomic E-state index is -0.0314. The maximum atomic E-state index is 12.3. The van der Waals surface area contributed by atoms with Crippen LogP contribution in [0.4, 0.5) is 0 Å². The number of carbonyl (C=O) groups excluding carboxylic acids is 1. The molecule has 1 N–H and O–H groups in total. The van der Waals surface area contributed by atoms with Gasteiger partial charge in [0.15, 0.2) is 0 Å². The average Bonchev–Trinajstić information content (AvgIpc) is 2.41. The van der Waals surface area contributed by atoms with Crippen molar-refractivity contribution in [3.8, 4) is 0 Å². The number of carbonyl (C=O) groups is 1. The summed E-state index contributed by atoms with van der Waals surface area (Å²) in [5.41, 5.74) is 0.617. The molecule has 104 valence electrons. The van der Waals surface area contributed by atoms with E-state index in [1.807, 2.05) is 6.07 Å². The summed E-state index contributed by atoms with van der Waals surface area (Å²) in [4.78, 5) is 12.3. The summed E-state index contributed by atoms with van der Waals surface area (Å²) in [7, 11) is 0. The van der Waals surface area contributed by atoms with Gasteiger partial charge in [-0.15, -0.1) is 0 Å². The Morgan fingerprint density at radius 2 is 2.26 bits per heavy atom. The molecular formula is C15H19BrClNO. The maximum absolute atomic E-state index is 12.3. The second kappa shape index (κ2) is 6.76.